The molecular weight excluding hydrogens is 564 g/mol. The molecule has 11 nitrogen and oxygen atoms in total. The van der Waals surface area contributed by atoms with Crippen LogP contribution < -0.4 is 21.3 Å². The standard InChI is InChI=1S/C33H44N4O7/c1-18(2)27(37-32(42)43-17-26-24-15-11-9-13-22(24)23-14-10-12-16-25(23)26)30(40)35-20(4)28(38)34-19(3)29(39)36-21(5)31(41)44-33(6,7)8/h9-16,18-21,26-27H,17H2,1-8H3,(H,34,38)(H,35,40)(H,36,39)(H,37,42)/t19-,20-,21-,27-/m0/s1. The third-order valence-electron chi connectivity index (χ3n) is 7.19. The van der Waals surface area contributed by atoms with E-state index in [2.05, 4.69) is 21.3 Å². The van der Waals surface area contributed by atoms with E-state index >= 15 is 0 Å². The summed E-state index contributed by atoms with van der Waals surface area (Å²) in [5, 5.41) is 10.3. The van der Waals surface area contributed by atoms with Crippen molar-refractivity contribution >= 4 is 29.8 Å². The molecule has 238 valence electrons. The SMILES string of the molecule is CC(C)[C@H](NC(=O)OCC1c2ccccc2-c2ccccc21)C(=O)N[C@@H](C)C(=O)N[C@@H](C)C(=O)N[C@@H](C)C(=O)OC(C)(C)C. The zero-order valence-electron chi connectivity index (χ0n) is 26.6. The molecule has 0 aliphatic heterocycles. The number of alkyl carbamates (subject to hydrolysis) is 1. The second-order valence-corrected chi connectivity index (χ2v) is 12.4. The Hall–Kier alpha value is -4.41. The van der Waals surface area contributed by atoms with E-state index in [-0.39, 0.29) is 18.4 Å². The van der Waals surface area contributed by atoms with Crippen molar-refractivity contribution in [2.45, 2.75) is 91.1 Å². The molecule has 4 atom stereocenters. The summed E-state index contributed by atoms with van der Waals surface area (Å²) in [5.41, 5.74) is 3.64. The molecule has 0 unspecified atom stereocenters. The Morgan fingerprint density at radius 2 is 1.14 bits per heavy atom. The van der Waals surface area contributed by atoms with Crippen LogP contribution in [0.1, 0.15) is 72.4 Å². The molecule has 4 amide bonds. The maximum Gasteiger partial charge on any atom is 0.407 e. The Bertz CT molecular complexity index is 1340. The second kappa shape index (κ2) is 14.4. The van der Waals surface area contributed by atoms with Crippen molar-refractivity contribution in [3.8, 4) is 11.1 Å². The first-order valence-corrected chi connectivity index (χ1v) is 14.8. The van der Waals surface area contributed by atoms with Gasteiger partial charge in [-0.3, -0.25) is 14.4 Å². The molecule has 0 aromatic heterocycles. The molecule has 44 heavy (non-hydrogen) atoms. The van der Waals surface area contributed by atoms with Crippen molar-refractivity contribution in [1.82, 2.24) is 21.3 Å². The van der Waals surface area contributed by atoms with Crippen molar-refractivity contribution in [2.24, 2.45) is 5.92 Å². The quantitative estimate of drug-likeness (QED) is 0.285. The van der Waals surface area contributed by atoms with Crippen LogP contribution in [0.3, 0.4) is 0 Å². The normalized spacial score (nSPS) is 15.1. The van der Waals surface area contributed by atoms with Gasteiger partial charge in [0.15, 0.2) is 0 Å². The van der Waals surface area contributed by atoms with E-state index in [9.17, 15) is 24.0 Å². The largest absolute Gasteiger partial charge is 0.458 e. The van der Waals surface area contributed by atoms with Crippen LogP contribution in [0, 0.1) is 5.92 Å². The third-order valence-corrected chi connectivity index (χ3v) is 7.19. The molecule has 1 aliphatic rings. The number of hydrogen-bond donors (Lipinski definition) is 4. The topological polar surface area (TPSA) is 152 Å². The minimum absolute atomic E-state index is 0.0948. The molecule has 0 radical (unpaired) electrons. The smallest absolute Gasteiger partial charge is 0.407 e. The summed E-state index contributed by atoms with van der Waals surface area (Å²) < 4.78 is 10.8. The van der Waals surface area contributed by atoms with E-state index in [1.807, 2.05) is 48.5 Å². The Kier molecular flexibility index (Phi) is 11.1. The zero-order valence-corrected chi connectivity index (χ0v) is 26.6. The molecule has 11 heteroatoms. The van der Waals surface area contributed by atoms with Crippen LogP contribution in [0.25, 0.3) is 11.1 Å². The minimum Gasteiger partial charge on any atom is -0.458 e. The molecule has 0 saturated carbocycles. The highest BCUT2D eigenvalue weighted by atomic mass is 16.6. The Balaban J connectivity index is 1.52. The summed E-state index contributed by atoms with van der Waals surface area (Å²) in [6.07, 6.45) is -0.748. The average molecular weight is 609 g/mol. The Labute approximate surface area is 258 Å². The number of carbonyl (C=O) groups excluding carboxylic acids is 5. The molecule has 3 rings (SSSR count). The maximum absolute atomic E-state index is 13.1. The maximum atomic E-state index is 13.1. The fraction of sp³-hybridized carbons (Fsp3) is 0.485. The number of benzene rings is 2. The first-order valence-electron chi connectivity index (χ1n) is 14.8. The summed E-state index contributed by atoms with van der Waals surface area (Å²) in [7, 11) is 0. The van der Waals surface area contributed by atoms with Crippen molar-refractivity contribution in [3.05, 3.63) is 59.7 Å². The number of ether oxygens (including phenoxy) is 2. The van der Waals surface area contributed by atoms with E-state index in [0.717, 1.165) is 22.3 Å². The van der Waals surface area contributed by atoms with Crippen molar-refractivity contribution in [3.63, 3.8) is 0 Å². The molecule has 0 bridgehead atoms. The van der Waals surface area contributed by atoms with Gasteiger partial charge in [0.05, 0.1) is 0 Å². The number of rotatable bonds is 11. The van der Waals surface area contributed by atoms with Crippen LogP contribution in [0.5, 0.6) is 0 Å². The van der Waals surface area contributed by atoms with Gasteiger partial charge in [0, 0.05) is 5.92 Å². The summed E-state index contributed by atoms with van der Waals surface area (Å²) in [6, 6.07) is 12.1. The van der Waals surface area contributed by atoms with Crippen molar-refractivity contribution in [2.75, 3.05) is 6.61 Å². The van der Waals surface area contributed by atoms with Crippen molar-refractivity contribution < 1.29 is 33.4 Å². The zero-order chi connectivity index (χ0) is 32.8. The molecule has 0 heterocycles. The van der Waals surface area contributed by atoms with Crippen LogP contribution in [-0.2, 0) is 28.7 Å². The number of esters is 1. The highest BCUT2D eigenvalue weighted by molar-refractivity contribution is 5.94. The third kappa shape index (κ3) is 8.81. The lowest BCUT2D eigenvalue weighted by Gasteiger charge is -2.25. The molecular formula is C33H44N4O7. The fourth-order valence-electron chi connectivity index (χ4n) is 4.86. The lowest BCUT2D eigenvalue weighted by atomic mass is 9.98. The average Bonchev–Trinajstić information content (AvgIpc) is 3.27. The number of hydrogen-bond acceptors (Lipinski definition) is 7. The first-order chi connectivity index (χ1) is 20.6. The van der Waals surface area contributed by atoms with E-state index in [1.165, 1.54) is 20.8 Å². The van der Waals surface area contributed by atoms with Crippen LogP contribution in [-0.4, -0.2) is 66.2 Å². The van der Waals surface area contributed by atoms with Crippen LogP contribution in [0.4, 0.5) is 4.79 Å². The molecule has 2 aromatic carbocycles. The molecule has 0 fully saturated rings. The minimum atomic E-state index is -1.02. The van der Waals surface area contributed by atoms with Crippen molar-refractivity contribution in [1.29, 1.82) is 0 Å². The van der Waals surface area contributed by atoms with Crippen LogP contribution >= 0.6 is 0 Å². The predicted octanol–water partition coefficient (Wildman–Crippen LogP) is 3.41. The van der Waals surface area contributed by atoms with E-state index < -0.39 is 59.6 Å². The summed E-state index contributed by atoms with van der Waals surface area (Å²) in [4.78, 5) is 63.4. The van der Waals surface area contributed by atoms with Gasteiger partial charge in [0.1, 0.15) is 36.4 Å². The number of carbonyl (C=O) groups is 5. The van der Waals surface area contributed by atoms with Crippen LogP contribution in [0.2, 0.25) is 0 Å². The highest BCUT2D eigenvalue weighted by Crippen LogP contribution is 2.44. The van der Waals surface area contributed by atoms with Gasteiger partial charge in [0.2, 0.25) is 17.7 Å². The van der Waals surface area contributed by atoms with Gasteiger partial charge in [0.25, 0.3) is 0 Å². The van der Waals surface area contributed by atoms with E-state index in [4.69, 9.17) is 9.47 Å². The molecule has 2 aromatic rings. The number of amides is 4. The van der Waals surface area contributed by atoms with Gasteiger partial charge < -0.3 is 30.7 Å². The second-order valence-electron chi connectivity index (χ2n) is 12.4. The summed E-state index contributed by atoms with van der Waals surface area (Å²) in [6.45, 7) is 13.2. The lowest BCUT2D eigenvalue weighted by Crippen LogP contribution is -2.57. The van der Waals surface area contributed by atoms with E-state index in [1.54, 1.807) is 34.6 Å². The van der Waals surface area contributed by atoms with Crippen LogP contribution in [0.15, 0.2) is 48.5 Å². The summed E-state index contributed by atoms with van der Waals surface area (Å²) in [5.74, 6) is -2.83. The molecule has 0 spiro atoms. The predicted molar refractivity (Wildman–Crippen MR) is 165 cm³/mol. The molecule has 1 aliphatic carbocycles. The van der Waals surface area contributed by atoms with Gasteiger partial charge in [-0.25, -0.2) is 9.59 Å². The van der Waals surface area contributed by atoms with Gasteiger partial charge in [-0.2, -0.15) is 0 Å². The van der Waals surface area contributed by atoms with Gasteiger partial charge in [-0.05, 0) is 69.7 Å². The van der Waals surface area contributed by atoms with Gasteiger partial charge in [-0.15, -0.1) is 0 Å². The first kappa shape index (κ1) is 34.1. The Morgan fingerprint density at radius 1 is 0.682 bits per heavy atom. The lowest BCUT2D eigenvalue weighted by molar-refractivity contribution is -0.158. The number of nitrogens with one attached hydrogen (secondary N) is 4. The van der Waals surface area contributed by atoms with Gasteiger partial charge in [-0.1, -0.05) is 62.4 Å². The highest BCUT2D eigenvalue weighted by Gasteiger charge is 2.32. The number of fused-ring (bicyclic) bond motifs is 3. The Morgan fingerprint density at radius 3 is 1.61 bits per heavy atom. The summed E-state index contributed by atoms with van der Waals surface area (Å²) >= 11 is 0. The van der Waals surface area contributed by atoms with E-state index in [0.29, 0.717) is 0 Å². The fourth-order valence-corrected chi connectivity index (χ4v) is 4.86. The molecule has 0 saturated heterocycles. The molecule has 4 N–H and O–H groups in total. The van der Waals surface area contributed by atoms with Gasteiger partial charge >= 0.3 is 12.1 Å². The monoisotopic (exact) mass is 608 g/mol.